The van der Waals surface area contributed by atoms with Crippen LogP contribution < -0.4 is 0 Å². The first-order chi connectivity index (χ1) is 5.04. The summed E-state index contributed by atoms with van der Waals surface area (Å²) in [6.07, 6.45) is 0. The van der Waals surface area contributed by atoms with E-state index in [9.17, 15) is 9.59 Å². The van der Waals surface area contributed by atoms with Crippen LogP contribution >= 0.6 is 11.8 Å². The maximum atomic E-state index is 10.1. The minimum absolute atomic E-state index is 0.0243. The van der Waals surface area contributed by atoms with E-state index in [1.54, 1.807) is 0 Å². The highest BCUT2D eigenvalue weighted by molar-refractivity contribution is 8.00. The Morgan fingerprint density at radius 2 is 1.82 bits per heavy atom. The van der Waals surface area contributed by atoms with Crippen molar-refractivity contribution in [3.8, 4) is 0 Å². The minimum Gasteiger partial charge on any atom is -0.481 e. The lowest BCUT2D eigenvalue weighted by Gasteiger charge is -1.96. The van der Waals surface area contributed by atoms with E-state index in [0.29, 0.717) is 0 Å². The fourth-order valence-corrected chi connectivity index (χ4v) is 0.970. The third kappa shape index (κ3) is 5.47. The normalized spacial score (nSPS) is 9.09. The van der Waals surface area contributed by atoms with Crippen LogP contribution in [-0.2, 0) is 9.59 Å². The van der Waals surface area contributed by atoms with Crippen LogP contribution in [0.2, 0.25) is 0 Å². The van der Waals surface area contributed by atoms with Gasteiger partial charge in [-0.25, -0.2) is 4.79 Å². The van der Waals surface area contributed by atoms with Crippen LogP contribution in [0.15, 0.2) is 12.2 Å². The van der Waals surface area contributed by atoms with Gasteiger partial charge in [-0.1, -0.05) is 6.58 Å². The van der Waals surface area contributed by atoms with Crippen molar-refractivity contribution in [3.63, 3.8) is 0 Å². The number of carbonyl (C=O) groups is 2. The molecule has 0 rings (SSSR count). The lowest BCUT2D eigenvalue weighted by Crippen LogP contribution is -2.04. The van der Waals surface area contributed by atoms with E-state index in [1.807, 2.05) is 0 Å². The number of carboxylic acids is 2. The summed E-state index contributed by atoms with van der Waals surface area (Å²) in [7, 11) is 0. The second-order valence-corrected chi connectivity index (χ2v) is 2.78. The van der Waals surface area contributed by atoms with Gasteiger partial charge in [0.25, 0.3) is 0 Å². The Morgan fingerprint density at radius 1 is 1.27 bits per heavy atom. The fourth-order valence-electron chi connectivity index (χ4n) is 0.323. The van der Waals surface area contributed by atoms with Gasteiger partial charge < -0.3 is 10.2 Å². The van der Waals surface area contributed by atoms with Crippen molar-refractivity contribution in [3.05, 3.63) is 12.2 Å². The zero-order valence-corrected chi connectivity index (χ0v) is 6.56. The molecule has 0 atom stereocenters. The SMILES string of the molecule is C=C(CSCC(=O)O)C(=O)O. The van der Waals surface area contributed by atoms with Crippen molar-refractivity contribution in [1.82, 2.24) is 0 Å². The van der Waals surface area contributed by atoms with Crippen LogP contribution in [0, 0.1) is 0 Å². The molecule has 0 spiro atoms. The highest BCUT2D eigenvalue weighted by Crippen LogP contribution is 2.05. The Labute approximate surface area is 67.9 Å². The summed E-state index contributed by atoms with van der Waals surface area (Å²) in [5, 5.41) is 16.5. The van der Waals surface area contributed by atoms with Gasteiger partial charge in [0, 0.05) is 11.3 Å². The monoisotopic (exact) mass is 176 g/mol. The van der Waals surface area contributed by atoms with E-state index in [4.69, 9.17) is 10.2 Å². The zero-order chi connectivity index (χ0) is 8.85. The van der Waals surface area contributed by atoms with Gasteiger partial charge in [0.15, 0.2) is 0 Å². The van der Waals surface area contributed by atoms with E-state index in [-0.39, 0.29) is 17.1 Å². The zero-order valence-electron chi connectivity index (χ0n) is 5.74. The Bertz CT molecular complexity index is 187. The van der Waals surface area contributed by atoms with Crippen molar-refractivity contribution < 1.29 is 19.8 Å². The Morgan fingerprint density at radius 3 is 2.18 bits per heavy atom. The molecule has 5 heteroatoms. The number of hydrogen-bond acceptors (Lipinski definition) is 3. The van der Waals surface area contributed by atoms with Crippen molar-refractivity contribution in [2.75, 3.05) is 11.5 Å². The number of thioether (sulfide) groups is 1. The van der Waals surface area contributed by atoms with E-state index >= 15 is 0 Å². The number of rotatable bonds is 5. The van der Waals surface area contributed by atoms with Gasteiger partial charge in [0.2, 0.25) is 0 Å². The van der Waals surface area contributed by atoms with Gasteiger partial charge in [0.1, 0.15) is 0 Å². The Balaban J connectivity index is 3.47. The van der Waals surface area contributed by atoms with Crippen LogP contribution in [0.25, 0.3) is 0 Å². The van der Waals surface area contributed by atoms with Crippen molar-refractivity contribution in [1.29, 1.82) is 0 Å². The molecule has 0 aliphatic rings. The standard InChI is InChI=1S/C6H8O4S/c1-4(6(9)10)2-11-3-5(7)8/h1-3H2,(H,7,8)(H,9,10). The van der Waals surface area contributed by atoms with Crippen molar-refractivity contribution in [2.45, 2.75) is 0 Å². The van der Waals surface area contributed by atoms with E-state index < -0.39 is 11.9 Å². The second kappa shape index (κ2) is 4.79. The maximum Gasteiger partial charge on any atom is 0.331 e. The summed E-state index contributed by atoms with van der Waals surface area (Å²) >= 11 is 1.02. The molecule has 0 heterocycles. The summed E-state index contributed by atoms with van der Waals surface area (Å²) in [5.41, 5.74) is 0.0243. The molecule has 0 aliphatic carbocycles. The van der Waals surface area contributed by atoms with Crippen LogP contribution in [0.3, 0.4) is 0 Å². The summed E-state index contributed by atoms with van der Waals surface area (Å²) < 4.78 is 0. The summed E-state index contributed by atoms with van der Waals surface area (Å²) in [6, 6.07) is 0. The molecular weight excluding hydrogens is 168 g/mol. The largest absolute Gasteiger partial charge is 0.481 e. The minimum atomic E-state index is -1.08. The number of carboxylic acid groups (broad SMARTS) is 2. The first kappa shape index (κ1) is 10.0. The summed E-state index contributed by atoms with van der Waals surface area (Å²) in [4.78, 5) is 20.1. The van der Waals surface area contributed by atoms with Crippen LogP contribution in [0.1, 0.15) is 0 Å². The predicted octanol–water partition coefficient (Wildman–Crippen LogP) is 0.445. The molecule has 0 aliphatic heterocycles. The molecule has 0 aromatic heterocycles. The molecule has 0 radical (unpaired) electrons. The van der Waals surface area contributed by atoms with E-state index in [1.165, 1.54) is 0 Å². The first-order valence-corrected chi connectivity index (χ1v) is 3.90. The highest BCUT2D eigenvalue weighted by atomic mass is 32.2. The van der Waals surface area contributed by atoms with Gasteiger partial charge in [-0.15, -0.1) is 11.8 Å². The molecule has 62 valence electrons. The molecule has 0 aromatic rings. The lowest BCUT2D eigenvalue weighted by atomic mass is 10.4. The highest BCUT2D eigenvalue weighted by Gasteiger charge is 2.04. The van der Waals surface area contributed by atoms with Crippen molar-refractivity contribution in [2.24, 2.45) is 0 Å². The number of hydrogen-bond donors (Lipinski definition) is 2. The molecule has 0 bridgehead atoms. The number of aliphatic carboxylic acids is 2. The van der Waals surface area contributed by atoms with Crippen LogP contribution in [0.5, 0.6) is 0 Å². The van der Waals surface area contributed by atoms with Gasteiger partial charge in [0.05, 0.1) is 5.75 Å². The predicted molar refractivity (Wildman–Crippen MR) is 41.7 cm³/mol. The summed E-state index contributed by atoms with van der Waals surface area (Å²) in [6.45, 7) is 3.24. The molecule has 0 saturated carbocycles. The van der Waals surface area contributed by atoms with Crippen LogP contribution in [0.4, 0.5) is 0 Å². The van der Waals surface area contributed by atoms with Gasteiger partial charge in [-0.2, -0.15) is 0 Å². The van der Waals surface area contributed by atoms with Crippen LogP contribution in [-0.4, -0.2) is 33.7 Å². The molecule has 0 unspecified atom stereocenters. The average molecular weight is 176 g/mol. The third-order valence-corrected chi connectivity index (χ3v) is 1.81. The molecule has 0 aromatic carbocycles. The van der Waals surface area contributed by atoms with Crippen molar-refractivity contribution >= 4 is 23.7 Å². The first-order valence-electron chi connectivity index (χ1n) is 2.74. The second-order valence-electron chi connectivity index (χ2n) is 1.80. The molecule has 0 saturated heterocycles. The van der Waals surface area contributed by atoms with E-state index in [2.05, 4.69) is 6.58 Å². The lowest BCUT2D eigenvalue weighted by molar-refractivity contribution is -0.134. The quantitative estimate of drug-likeness (QED) is 0.595. The van der Waals surface area contributed by atoms with Gasteiger partial charge in [-0.05, 0) is 0 Å². The maximum absolute atomic E-state index is 10.1. The van der Waals surface area contributed by atoms with E-state index in [0.717, 1.165) is 11.8 Å². The Kier molecular flexibility index (Phi) is 4.36. The average Bonchev–Trinajstić information content (AvgIpc) is 1.86. The van der Waals surface area contributed by atoms with Gasteiger partial charge >= 0.3 is 11.9 Å². The topological polar surface area (TPSA) is 74.6 Å². The molecule has 0 amide bonds. The summed E-state index contributed by atoms with van der Waals surface area (Å²) in [5.74, 6) is -1.97. The smallest absolute Gasteiger partial charge is 0.331 e. The molecule has 4 nitrogen and oxygen atoms in total. The Hall–Kier alpha value is -0.970. The molecule has 2 N–H and O–H groups in total. The molecule has 0 fully saturated rings. The molecular formula is C6H8O4S. The third-order valence-electron chi connectivity index (χ3n) is 0.804. The fraction of sp³-hybridized carbons (Fsp3) is 0.333. The van der Waals surface area contributed by atoms with Gasteiger partial charge in [-0.3, -0.25) is 4.79 Å². The molecule has 11 heavy (non-hydrogen) atoms.